The third-order valence-corrected chi connectivity index (χ3v) is 14.1. The Morgan fingerprint density at radius 2 is 1.66 bits per heavy atom. The van der Waals surface area contributed by atoms with Crippen molar-refractivity contribution >= 4 is 56.3 Å². The first-order chi connectivity index (χ1) is 31.3. The van der Waals surface area contributed by atoms with Crippen LogP contribution in [-0.2, 0) is 24.6 Å². The fourth-order valence-electron chi connectivity index (χ4n) is 8.51. The average Bonchev–Trinajstić information content (AvgIpc) is 3.75. The number of benzene rings is 2. The van der Waals surface area contributed by atoms with Crippen molar-refractivity contribution in [3.05, 3.63) is 102 Å². The summed E-state index contributed by atoms with van der Waals surface area (Å²) in [6, 6.07) is 15.1. The van der Waals surface area contributed by atoms with Crippen LogP contribution < -0.4 is 19.7 Å². The molecule has 3 aliphatic rings. The van der Waals surface area contributed by atoms with Crippen LogP contribution in [-0.4, -0.2) is 126 Å². The topological polar surface area (TPSA) is 190 Å². The van der Waals surface area contributed by atoms with Crippen LogP contribution >= 0.6 is 0 Å². The quantitative estimate of drug-likeness (QED) is 0.0921. The molecule has 0 spiro atoms. The van der Waals surface area contributed by atoms with Gasteiger partial charge in [0.1, 0.15) is 23.0 Å². The lowest BCUT2D eigenvalue weighted by atomic mass is 9.89. The molecule has 8 rings (SSSR count). The number of fused-ring (bicyclic) bond motifs is 1. The molecule has 0 aliphatic carbocycles. The van der Waals surface area contributed by atoms with E-state index in [1.807, 2.05) is 29.2 Å². The number of pyridine rings is 2. The molecule has 1 unspecified atom stereocenters. The highest BCUT2D eigenvalue weighted by molar-refractivity contribution is 7.90. The molecule has 16 nitrogen and oxygen atoms in total. The number of amides is 3. The Morgan fingerprint density at radius 1 is 0.923 bits per heavy atom. The van der Waals surface area contributed by atoms with E-state index >= 15 is 8.78 Å². The van der Waals surface area contributed by atoms with Crippen LogP contribution in [0, 0.1) is 11.6 Å². The summed E-state index contributed by atoms with van der Waals surface area (Å²) in [5.41, 5.74) is 1.36. The normalized spacial score (nSPS) is 17.7. The molecule has 1 atom stereocenters. The number of imide groups is 1. The zero-order chi connectivity index (χ0) is 45.8. The molecule has 3 saturated heterocycles. The zero-order valence-electron chi connectivity index (χ0n) is 36.2. The average molecular weight is 912 g/mol. The molecule has 19 heteroatoms. The van der Waals surface area contributed by atoms with E-state index < -0.39 is 50.9 Å². The number of hydrogen-bond donors (Lipinski definition) is 3. The molecular formula is C46H51F2N9O7S. The van der Waals surface area contributed by atoms with Crippen molar-refractivity contribution in [3.8, 4) is 16.9 Å². The Hall–Kier alpha value is -6.31. The second-order valence-corrected chi connectivity index (χ2v) is 18.4. The van der Waals surface area contributed by atoms with Gasteiger partial charge in [-0.3, -0.25) is 29.2 Å². The van der Waals surface area contributed by atoms with Crippen LogP contribution in [0.15, 0.2) is 73.2 Å². The highest BCUT2D eigenvalue weighted by Gasteiger charge is 2.30. The highest BCUT2D eigenvalue weighted by Crippen LogP contribution is 2.32. The van der Waals surface area contributed by atoms with Crippen LogP contribution in [0.4, 0.5) is 20.3 Å². The van der Waals surface area contributed by atoms with Gasteiger partial charge in [0.25, 0.3) is 5.91 Å². The summed E-state index contributed by atoms with van der Waals surface area (Å²) in [6.45, 7) is 6.91. The number of anilines is 2. The fourth-order valence-corrected chi connectivity index (χ4v) is 9.44. The maximum Gasteiger partial charge on any atom is 0.301 e. The molecule has 3 N–H and O–H groups in total. The van der Waals surface area contributed by atoms with Gasteiger partial charge in [-0.2, -0.15) is 12.7 Å². The molecule has 3 amide bonds. The van der Waals surface area contributed by atoms with Crippen molar-refractivity contribution in [3.63, 3.8) is 0 Å². The van der Waals surface area contributed by atoms with Crippen LogP contribution in [0.2, 0.25) is 0 Å². The molecule has 3 fully saturated rings. The highest BCUT2D eigenvalue weighted by atomic mass is 32.2. The lowest BCUT2D eigenvalue weighted by Crippen LogP contribution is -2.49. The second-order valence-electron chi connectivity index (χ2n) is 16.6. The van der Waals surface area contributed by atoms with Crippen LogP contribution in [0.3, 0.4) is 0 Å². The monoisotopic (exact) mass is 911 g/mol. The van der Waals surface area contributed by atoms with Gasteiger partial charge >= 0.3 is 10.2 Å². The van der Waals surface area contributed by atoms with Gasteiger partial charge in [0.2, 0.25) is 17.6 Å². The van der Waals surface area contributed by atoms with Crippen molar-refractivity contribution in [2.75, 3.05) is 69.0 Å². The molecule has 0 bridgehead atoms. The lowest BCUT2D eigenvalue weighted by molar-refractivity contribution is -0.139. The number of aromatic nitrogens is 3. The number of nitrogens with zero attached hydrogens (tertiary/aromatic N) is 6. The lowest BCUT2D eigenvalue weighted by Gasteiger charge is -2.36. The number of carbonyl (C=O) groups excluding carboxylic acids is 4. The predicted molar refractivity (Wildman–Crippen MR) is 240 cm³/mol. The summed E-state index contributed by atoms with van der Waals surface area (Å²) in [4.78, 5) is 68.8. The largest absolute Gasteiger partial charge is 0.481 e. The number of hydrogen-bond acceptors (Lipinski definition) is 11. The molecule has 5 aromatic rings. The maximum absolute atomic E-state index is 15.6. The smallest absolute Gasteiger partial charge is 0.301 e. The van der Waals surface area contributed by atoms with Gasteiger partial charge in [-0.1, -0.05) is 19.1 Å². The van der Waals surface area contributed by atoms with E-state index in [0.717, 1.165) is 61.2 Å². The van der Waals surface area contributed by atoms with Gasteiger partial charge in [-0.25, -0.2) is 18.7 Å². The molecule has 65 heavy (non-hydrogen) atoms. The zero-order valence-corrected chi connectivity index (χ0v) is 37.0. The Morgan fingerprint density at radius 3 is 2.35 bits per heavy atom. The molecule has 2 aromatic carbocycles. The van der Waals surface area contributed by atoms with Crippen LogP contribution in [0.5, 0.6) is 5.75 Å². The number of aromatic amines is 1. The van der Waals surface area contributed by atoms with Gasteiger partial charge in [0.15, 0.2) is 11.9 Å². The van der Waals surface area contributed by atoms with Crippen molar-refractivity contribution in [1.29, 1.82) is 0 Å². The molecule has 0 radical (unpaired) electrons. The van der Waals surface area contributed by atoms with Gasteiger partial charge in [0, 0.05) is 99.7 Å². The maximum atomic E-state index is 15.6. The summed E-state index contributed by atoms with van der Waals surface area (Å²) < 4.78 is 64.6. The molecule has 342 valence electrons. The summed E-state index contributed by atoms with van der Waals surface area (Å²) >= 11 is 0. The van der Waals surface area contributed by atoms with Crippen LogP contribution in [0.25, 0.3) is 22.2 Å². The van der Waals surface area contributed by atoms with Crippen molar-refractivity contribution in [2.24, 2.45) is 0 Å². The molecule has 6 heterocycles. The molecular weight excluding hydrogens is 861 g/mol. The number of rotatable bonds is 15. The molecule has 3 aliphatic heterocycles. The van der Waals surface area contributed by atoms with Crippen LogP contribution in [0.1, 0.15) is 72.9 Å². The predicted octanol–water partition coefficient (Wildman–Crippen LogP) is 5.23. The second kappa shape index (κ2) is 19.4. The standard InChI is InChI=1S/C46H51F2N9O7S/c1-3-54(2)65(62,63)53-37-12-11-36(47)42(43(37)48)44(60)35-28-51-45-34(35)25-32(27-50-45)31-8-14-39(49-26-31)56-21-23-57(24-22-56)41(59)5-4-18-55-19-16-30(17-20-55)29-6-9-33(10-7-29)64-38-13-15-40(58)52-46(38)61/h6-12,14,25-28,30,38,53H,3-5,13,15-24H2,1-2H3,(H,50,51)(H,52,58,61). The summed E-state index contributed by atoms with van der Waals surface area (Å²) in [5, 5.41) is 2.64. The third-order valence-electron chi connectivity index (χ3n) is 12.5. The molecule has 0 saturated carbocycles. The van der Waals surface area contributed by atoms with E-state index in [1.54, 1.807) is 25.4 Å². The van der Waals surface area contributed by atoms with E-state index in [-0.39, 0.29) is 30.3 Å². The number of piperidine rings is 2. The number of ketones is 1. The first-order valence-electron chi connectivity index (χ1n) is 21.8. The minimum atomic E-state index is -4.15. The third kappa shape index (κ3) is 10.2. The van der Waals surface area contributed by atoms with E-state index in [0.29, 0.717) is 72.8 Å². The Bertz CT molecular complexity index is 2680. The first kappa shape index (κ1) is 45.3. The summed E-state index contributed by atoms with van der Waals surface area (Å²) in [7, 11) is -2.85. The Balaban J connectivity index is 0.796. The number of ether oxygens (including phenoxy) is 1. The SMILES string of the molecule is CCN(C)S(=O)(=O)Nc1ccc(F)c(C(=O)c2c[nH]c3ncc(-c4ccc(N5CCN(C(=O)CCCN6CCC(c7ccc(OC8CCC(=O)NC8=O)cc7)CC6)CC5)nc4)cc23)c1F. The van der Waals surface area contributed by atoms with E-state index in [4.69, 9.17) is 4.74 Å². The first-order valence-corrected chi connectivity index (χ1v) is 23.3. The van der Waals surface area contributed by atoms with Gasteiger partial charge in [0.05, 0.1) is 11.3 Å². The van der Waals surface area contributed by atoms with Gasteiger partial charge in [-0.05, 0) is 92.8 Å². The van der Waals surface area contributed by atoms with E-state index in [2.05, 4.69) is 46.9 Å². The minimum Gasteiger partial charge on any atom is -0.481 e. The Kier molecular flexibility index (Phi) is 13.5. The van der Waals surface area contributed by atoms with Crippen molar-refractivity contribution in [2.45, 2.75) is 57.5 Å². The minimum absolute atomic E-state index is 0.0446. The van der Waals surface area contributed by atoms with Crippen molar-refractivity contribution in [1.82, 2.24) is 34.4 Å². The van der Waals surface area contributed by atoms with Crippen molar-refractivity contribution < 1.29 is 41.1 Å². The molecule has 3 aromatic heterocycles. The van der Waals surface area contributed by atoms with E-state index in [9.17, 15) is 27.6 Å². The number of halogens is 2. The number of H-pyrrole nitrogens is 1. The number of carbonyl (C=O) groups is 4. The number of likely N-dealkylation sites (tertiary alicyclic amines) is 1. The Labute approximate surface area is 375 Å². The van der Waals surface area contributed by atoms with Gasteiger partial charge < -0.3 is 24.4 Å². The number of piperazine rings is 1. The fraction of sp³-hybridized carbons (Fsp3) is 0.391. The van der Waals surface area contributed by atoms with Gasteiger partial charge in [-0.15, -0.1) is 0 Å². The number of nitrogens with one attached hydrogen (secondary N) is 3. The van der Waals surface area contributed by atoms with E-state index in [1.165, 1.54) is 18.8 Å². The summed E-state index contributed by atoms with van der Waals surface area (Å²) in [5.74, 6) is -2.18. The summed E-state index contributed by atoms with van der Waals surface area (Å²) in [6.07, 6.45) is 7.92.